The smallest absolute Gasteiger partial charge is 0.330 e. The molecule has 0 saturated carbocycles. The van der Waals surface area contributed by atoms with Gasteiger partial charge >= 0.3 is 5.97 Å². The van der Waals surface area contributed by atoms with Crippen LogP contribution in [0.2, 0.25) is 4.34 Å². The average Bonchev–Trinajstić information content (AvgIpc) is 2.53. The number of carbonyl (C=O) groups is 1. The number of likely N-dealkylation sites (N-methyl/N-ethyl adjacent to an activating group) is 1. The number of halogens is 1. The van der Waals surface area contributed by atoms with Gasteiger partial charge in [-0.1, -0.05) is 11.6 Å². The summed E-state index contributed by atoms with van der Waals surface area (Å²) in [5, 5.41) is 3.41. The van der Waals surface area contributed by atoms with Crippen LogP contribution in [0.15, 0.2) is 6.20 Å². The number of nitrogens with one attached hydrogen (secondary N) is 1. The lowest BCUT2D eigenvalue weighted by Crippen LogP contribution is -2.26. The summed E-state index contributed by atoms with van der Waals surface area (Å²) in [4.78, 5) is 15.2. The Balaban J connectivity index is 2.84. The van der Waals surface area contributed by atoms with Gasteiger partial charge in [0.25, 0.3) is 0 Å². The molecule has 1 unspecified atom stereocenters. The molecule has 1 aromatic rings. The Morgan fingerprint density at radius 1 is 1.85 bits per heavy atom. The maximum absolute atomic E-state index is 11.2. The third-order valence-corrected chi connectivity index (χ3v) is 2.65. The maximum Gasteiger partial charge on any atom is 0.330 e. The first-order valence-electron chi connectivity index (χ1n) is 3.55. The van der Waals surface area contributed by atoms with Crippen LogP contribution in [0.1, 0.15) is 11.0 Å². The lowest BCUT2D eigenvalue weighted by Gasteiger charge is -2.09. The van der Waals surface area contributed by atoms with E-state index in [0.717, 1.165) is 0 Å². The minimum Gasteiger partial charge on any atom is -0.468 e. The Bertz CT molecular complexity index is 302. The highest BCUT2D eigenvalue weighted by atomic mass is 35.5. The highest BCUT2D eigenvalue weighted by molar-refractivity contribution is 7.16. The van der Waals surface area contributed by atoms with E-state index >= 15 is 0 Å². The predicted molar refractivity (Wildman–Crippen MR) is 50.9 cm³/mol. The van der Waals surface area contributed by atoms with Gasteiger partial charge < -0.3 is 10.1 Å². The average molecular weight is 221 g/mol. The number of carbonyl (C=O) groups excluding carboxylic acids is 1. The molecule has 0 radical (unpaired) electrons. The van der Waals surface area contributed by atoms with Crippen LogP contribution < -0.4 is 5.32 Å². The van der Waals surface area contributed by atoms with Gasteiger partial charge in [-0.2, -0.15) is 0 Å². The molecular formula is C7H9ClN2O2S. The van der Waals surface area contributed by atoms with Gasteiger partial charge in [0.2, 0.25) is 0 Å². The van der Waals surface area contributed by atoms with Crippen LogP contribution in [0.3, 0.4) is 0 Å². The Morgan fingerprint density at radius 3 is 2.92 bits per heavy atom. The second-order valence-electron chi connectivity index (χ2n) is 2.25. The van der Waals surface area contributed by atoms with E-state index in [9.17, 15) is 4.79 Å². The van der Waals surface area contributed by atoms with Crippen molar-refractivity contribution in [1.82, 2.24) is 10.3 Å². The molecule has 1 heterocycles. The van der Waals surface area contributed by atoms with Gasteiger partial charge in [-0.25, -0.2) is 9.78 Å². The predicted octanol–water partition coefficient (Wildman–Crippen LogP) is 1.23. The molecule has 0 aromatic carbocycles. The fourth-order valence-electron chi connectivity index (χ4n) is 0.860. The van der Waals surface area contributed by atoms with E-state index in [4.69, 9.17) is 11.6 Å². The zero-order chi connectivity index (χ0) is 9.84. The van der Waals surface area contributed by atoms with Gasteiger partial charge in [0, 0.05) is 0 Å². The van der Waals surface area contributed by atoms with Crippen LogP contribution in [-0.4, -0.2) is 25.1 Å². The summed E-state index contributed by atoms with van der Waals surface area (Å²) in [7, 11) is 3.00. The van der Waals surface area contributed by atoms with E-state index in [0.29, 0.717) is 9.34 Å². The van der Waals surface area contributed by atoms with Crippen molar-refractivity contribution in [2.75, 3.05) is 14.2 Å². The van der Waals surface area contributed by atoms with Crippen molar-refractivity contribution in [1.29, 1.82) is 0 Å². The molecule has 13 heavy (non-hydrogen) atoms. The maximum atomic E-state index is 11.2. The standard InChI is InChI=1S/C7H9ClN2O2S/c1-9-5(7(11)12-2)6-10-3-4(8)13-6/h3,5,9H,1-2H3. The van der Waals surface area contributed by atoms with Crippen molar-refractivity contribution in [2.45, 2.75) is 6.04 Å². The molecule has 1 atom stereocenters. The molecular weight excluding hydrogens is 212 g/mol. The Morgan fingerprint density at radius 2 is 2.54 bits per heavy atom. The third-order valence-electron chi connectivity index (χ3n) is 1.47. The van der Waals surface area contributed by atoms with E-state index in [2.05, 4.69) is 15.0 Å². The summed E-state index contributed by atoms with van der Waals surface area (Å²) in [5.41, 5.74) is 0. The Hall–Kier alpha value is -0.650. The van der Waals surface area contributed by atoms with Crippen molar-refractivity contribution in [3.8, 4) is 0 Å². The van der Waals surface area contributed by atoms with Crippen LogP contribution in [0, 0.1) is 0 Å². The molecule has 0 fully saturated rings. The van der Waals surface area contributed by atoms with Crippen molar-refractivity contribution in [2.24, 2.45) is 0 Å². The fraction of sp³-hybridized carbons (Fsp3) is 0.429. The number of ether oxygens (including phenoxy) is 1. The van der Waals surface area contributed by atoms with Crippen molar-refractivity contribution in [3.63, 3.8) is 0 Å². The number of hydrogen-bond acceptors (Lipinski definition) is 5. The van der Waals surface area contributed by atoms with Crippen LogP contribution >= 0.6 is 22.9 Å². The SMILES string of the molecule is CNC(C(=O)OC)c1ncc(Cl)s1. The number of rotatable bonds is 3. The van der Waals surface area contributed by atoms with Gasteiger partial charge in [-0.3, -0.25) is 0 Å². The lowest BCUT2D eigenvalue weighted by atomic mass is 10.3. The van der Waals surface area contributed by atoms with Crippen molar-refractivity contribution in [3.05, 3.63) is 15.5 Å². The highest BCUT2D eigenvalue weighted by Crippen LogP contribution is 2.24. The Labute approximate surface area is 84.9 Å². The summed E-state index contributed by atoms with van der Waals surface area (Å²) < 4.78 is 5.14. The number of esters is 1. The van der Waals surface area contributed by atoms with Gasteiger partial charge in [-0.15, -0.1) is 11.3 Å². The molecule has 0 amide bonds. The van der Waals surface area contributed by atoms with Crippen molar-refractivity contribution < 1.29 is 9.53 Å². The number of nitrogens with zero attached hydrogens (tertiary/aromatic N) is 1. The second-order valence-corrected chi connectivity index (χ2v) is 3.94. The Kier molecular flexibility index (Phi) is 3.65. The zero-order valence-electron chi connectivity index (χ0n) is 7.20. The molecule has 6 heteroatoms. The minimum absolute atomic E-state index is 0.367. The lowest BCUT2D eigenvalue weighted by molar-refractivity contribution is -0.143. The first-order valence-corrected chi connectivity index (χ1v) is 4.74. The summed E-state index contributed by atoms with van der Waals surface area (Å²) in [5.74, 6) is -0.367. The van der Waals surface area contributed by atoms with Crippen LogP contribution in [0.25, 0.3) is 0 Å². The van der Waals surface area contributed by atoms with Crippen molar-refractivity contribution >= 4 is 28.9 Å². The summed E-state index contributed by atoms with van der Waals surface area (Å²) >= 11 is 6.94. The third kappa shape index (κ3) is 2.40. The number of methoxy groups -OCH3 is 1. The number of aromatic nitrogens is 1. The molecule has 0 spiro atoms. The topological polar surface area (TPSA) is 51.2 Å². The fourth-order valence-corrected chi connectivity index (χ4v) is 1.89. The van der Waals surface area contributed by atoms with Crippen LogP contribution in [0.4, 0.5) is 0 Å². The normalized spacial score (nSPS) is 12.5. The van der Waals surface area contributed by atoms with Gasteiger partial charge in [0.1, 0.15) is 9.34 Å². The molecule has 1 rings (SSSR count). The monoisotopic (exact) mass is 220 g/mol. The number of hydrogen-bond donors (Lipinski definition) is 1. The van der Waals surface area contributed by atoms with E-state index in [1.807, 2.05) is 0 Å². The highest BCUT2D eigenvalue weighted by Gasteiger charge is 2.22. The minimum atomic E-state index is -0.525. The summed E-state index contributed by atoms with van der Waals surface area (Å²) in [6.07, 6.45) is 1.51. The molecule has 4 nitrogen and oxygen atoms in total. The number of thiazole rings is 1. The first-order chi connectivity index (χ1) is 6.19. The largest absolute Gasteiger partial charge is 0.468 e. The molecule has 0 aliphatic heterocycles. The van der Waals surface area contributed by atoms with Gasteiger partial charge in [0.05, 0.1) is 13.3 Å². The molecule has 0 aliphatic carbocycles. The van der Waals surface area contributed by atoms with Gasteiger partial charge in [0.15, 0.2) is 6.04 Å². The molecule has 0 bridgehead atoms. The summed E-state index contributed by atoms with van der Waals surface area (Å²) in [6.45, 7) is 0. The molecule has 1 N–H and O–H groups in total. The second kappa shape index (κ2) is 4.55. The first kappa shape index (κ1) is 10.4. The molecule has 0 saturated heterocycles. The molecule has 0 aliphatic rings. The van der Waals surface area contributed by atoms with Gasteiger partial charge in [-0.05, 0) is 7.05 Å². The van der Waals surface area contributed by atoms with E-state index in [1.165, 1.54) is 24.6 Å². The quantitative estimate of drug-likeness (QED) is 0.779. The van der Waals surface area contributed by atoms with E-state index < -0.39 is 6.04 Å². The molecule has 72 valence electrons. The zero-order valence-corrected chi connectivity index (χ0v) is 8.78. The van der Waals surface area contributed by atoms with E-state index in [-0.39, 0.29) is 5.97 Å². The van der Waals surface area contributed by atoms with Crippen LogP contribution in [-0.2, 0) is 9.53 Å². The molecule has 1 aromatic heterocycles. The summed E-state index contributed by atoms with van der Waals surface area (Å²) in [6, 6.07) is -0.525. The van der Waals surface area contributed by atoms with Crippen LogP contribution in [0.5, 0.6) is 0 Å². The van der Waals surface area contributed by atoms with E-state index in [1.54, 1.807) is 7.05 Å².